The van der Waals surface area contributed by atoms with E-state index in [1.165, 1.54) is 0 Å². The van der Waals surface area contributed by atoms with Crippen LogP contribution in [-0.2, 0) is 9.59 Å². The summed E-state index contributed by atoms with van der Waals surface area (Å²) in [5.41, 5.74) is 2.17. The lowest BCUT2D eigenvalue weighted by atomic mass is 9.96. The summed E-state index contributed by atoms with van der Waals surface area (Å²) in [6.07, 6.45) is 1.42. The van der Waals surface area contributed by atoms with Gasteiger partial charge in [0.25, 0.3) is 5.91 Å². The highest BCUT2D eigenvalue weighted by Gasteiger charge is 2.29. The van der Waals surface area contributed by atoms with Crippen molar-refractivity contribution in [3.05, 3.63) is 63.1 Å². The van der Waals surface area contributed by atoms with E-state index < -0.39 is 0 Å². The summed E-state index contributed by atoms with van der Waals surface area (Å²) in [7, 11) is 0. The zero-order valence-corrected chi connectivity index (χ0v) is 18.9. The Labute approximate surface area is 189 Å². The van der Waals surface area contributed by atoms with E-state index in [1.54, 1.807) is 35.2 Å². The number of likely N-dealkylation sites (tertiary alicyclic amines) is 1. The number of hydrogen-bond acceptors (Lipinski definition) is 3. The minimum Gasteiger partial charge on any atom is -0.347 e. The first-order chi connectivity index (χ1) is 14.3. The van der Waals surface area contributed by atoms with E-state index in [-0.39, 0.29) is 30.2 Å². The number of nitrogens with one attached hydrogen (secondary N) is 2. The lowest BCUT2D eigenvalue weighted by Crippen LogP contribution is -2.46. The molecular weight excluding hydrogens is 470 g/mol. The van der Waals surface area contributed by atoms with Crippen LogP contribution in [0.4, 0.5) is 5.69 Å². The van der Waals surface area contributed by atoms with Crippen LogP contribution in [0.25, 0.3) is 0 Å². The highest BCUT2D eigenvalue weighted by molar-refractivity contribution is 9.10. The van der Waals surface area contributed by atoms with Gasteiger partial charge in [0.15, 0.2) is 0 Å². The molecule has 1 atom stereocenters. The molecule has 1 unspecified atom stereocenters. The van der Waals surface area contributed by atoms with Crippen LogP contribution in [0.3, 0.4) is 0 Å². The summed E-state index contributed by atoms with van der Waals surface area (Å²) in [6, 6.07) is 12.3. The smallest absolute Gasteiger partial charge is 0.253 e. The van der Waals surface area contributed by atoms with Crippen molar-refractivity contribution in [3.63, 3.8) is 0 Å². The molecule has 0 saturated carbocycles. The maximum Gasteiger partial charge on any atom is 0.253 e. The van der Waals surface area contributed by atoms with Crippen molar-refractivity contribution in [2.75, 3.05) is 25.0 Å². The Kier molecular flexibility index (Phi) is 7.50. The summed E-state index contributed by atoms with van der Waals surface area (Å²) in [5.74, 6) is -0.963. The van der Waals surface area contributed by atoms with Gasteiger partial charge in [0.2, 0.25) is 11.8 Å². The molecule has 30 heavy (non-hydrogen) atoms. The number of halogens is 2. The average Bonchev–Trinajstić information content (AvgIpc) is 2.74. The molecule has 2 N–H and O–H groups in total. The number of amides is 3. The Morgan fingerprint density at radius 1 is 1.17 bits per heavy atom. The van der Waals surface area contributed by atoms with Gasteiger partial charge in [-0.25, -0.2) is 0 Å². The molecule has 1 heterocycles. The number of carbonyl (C=O) groups is 3. The van der Waals surface area contributed by atoms with Crippen molar-refractivity contribution in [2.45, 2.75) is 19.8 Å². The third-order valence-electron chi connectivity index (χ3n) is 5.06. The van der Waals surface area contributed by atoms with Crippen LogP contribution in [0.1, 0.15) is 28.8 Å². The molecule has 0 aliphatic carbocycles. The maximum absolute atomic E-state index is 12.7. The molecule has 3 rings (SSSR count). The monoisotopic (exact) mass is 491 g/mol. The summed E-state index contributed by atoms with van der Waals surface area (Å²) < 4.78 is 0.932. The Bertz CT molecular complexity index is 949. The van der Waals surface area contributed by atoms with Crippen LogP contribution in [-0.4, -0.2) is 42.3 Å². The molecule has 3 amide bonds. The standard InChI is InChI=1S/C22H23BrClN3O3/c1-14-11-17(23)6-9-19(14)26-20(28)12-25-21(29)16-3-2-10-27(13-16)22(30)15-4-7-18(24)8-5-15/h4-9,11,16H,2-3,10,12-13H2,1H3,(H,25,29)(H,26,28). The zero-order chi connectivity index (χ0) is 21.7. The molecule has 6 nitrogen and oxygen atoms in total. The van der Waals surface area contributed by atoms with Gasteiger partial charge in [-0.3, -0.25) is 14.4 Å². The van der Waals surface area contributed by atoms with Gasteiger partial charge in [0.05, 0.1) is 12.5 Å². The Hall–Kier alpha value is -2.38. The van der Waals surface area contributed by atoms with Crippen molar-refractivity contribution in [1.82, 2.24) is 10.2 Å². The highest BCUT2D eigenvalue weighted by atomic mass is 79.9. The fourth-order valence-corrected chi connectivity index (χ4v) is 4.03. The van der Waals surface area contributed by atoms with Crippen molar-refractivity contribution < 1.29 is 14.4 Å². The molecule has 1 aliphatic rings. The Morgan fingerprint density at radius 2 is 1.90 bits per heavy atom. The predicted molar refractivity (Wildman–Crippen MR) is 121 cm³/mol. The molecule has 0 radical (unpaired) electrons. The Balaban J connectivity index is 1.51. The van der Waals surface area contributed by atoms with E-state index in [4.69, 9.17) is 11.6 Å². The van der Waals surface area contributed by atoms with Gasteiger partial charge in [-0.15, -0.1) is 0 Å². The van der Waals surface area contributed by atoms with Crippen LogP contribution in [0.5, 0.6) is 0 Å². The fraction of sp³-hybridized carbons (Fsp3) is 0.318. The fourth-order valence-electron chi connectivity index (χ4n) is 3.42. The summed E-state index contributed by atoms with van der Waals surface area (Å²) in [6.45, 7) is 2.72. The van der Waals surface area contributed by atoms with E-state index in [1.807, 2.05) is 19.1 Å². The summed E-state index contributed by atoms with van der Waals surface area (Å²) in [4.78, 5) is 39.1. The lowest BCUT2D eigenvalue weighted by molar-refractivity contribution is -0.128. The Morgan fingerprint density at radius 3 is 2.60 bits per heavy atom. The molecule has 158 valence electrons. The number of benzene rings is 2. The number of carbonyl (C=O) groups excluding carboxylic acids is 3. The van der Waals surface area contributed by atoms with Gasteiger partial charge in [0.1, 0.15) is 0 Å². The van der Waals surface area contributed by atoms with Gasteiger partial charge < -0.3 is 15.5 Å². The maximum atomic E-state index is 12.7. The molecule has 2 aromatic rings. The average molecular weight is 493 g/mol. The van der Waals surface area contributed by atoms with Gasteiger partial charge in [-0.2, -0.15) is 0 Å². The molecule has 1 fully saturated rings. The quantitative estimate of drug-likeness (QED) is 0.662. The van der Waals surface area contributed by atoms with Crippen LogP contribution in [0.2, 0.25) is 5.02 Å². The topological polar surface area (TPSA) is 78.5 Å². The number of aryl methyl sites for hydroxylation is 1. The molecule has 2 aromatic carbocycles. The molecule has 0 spiro atoms. The molecule has 8 heteroatoms. The normalized spacial score (nSPS) is 16.1. The van der Waals surface area contributed by atoms with E-state index in [0.29, 0.717) is 35.8 Å². The van der Waals surface area contributed by atoms with Crippen molar-refractivity contribution >= 4 is 50.9 Å². The number of hydrogen-bond donors (Lipinski definition) is 2. The number of nitrogens with zero attached hydrogens (tertiary/aromatic N) is 1. The predicted octanol–water partition coefficient (Wildman–Crippen LogP) is 4.02. The lowest BCUT2D eigenvalue weighted by Gasteiger charge is -2.32. The van der Waals surface area contributed by atoms with Crippen molar-refractivity contribution in [1.29, 1.82) is 0 Å². The van der Waals surface area contributed by atoms with Gasteiger partial charge in [0, 0.05) is 33.8 Å². The van der Waals surface area contributed by atoms with Gasteiger partial charge in [-0.05, 0) is 67.8 Å². The second-order valence-electron chi connectivity index (χ2n) is 7.32. The van der Waals surface area contributed by atoms with Crippen LogP contribution < -0.4 is 10.6 Å². The van der Waals surface area contributed by atoms with Gasteiger partial charge in [-0.1, -0.05) is 27.5 Å². The minimum atomic E-state index is -0.336. The molecule has 0 aromatic heterocycles. The highest BCUT2D eigenvalue weighted by Crippen LogP contribution is 2.21. The second kappa shape index (κ2) is 10.1. The third-order valence-corrected chi connectivity index (χ3v) is 5.80. The number of piperidine rings is 1. The molecule has 0 bridgehead atoms. The third kappa shape index (κ3) is 5.83. The first-order valence-corrected chi connectivity index (χ1v) is 10.9. The van der Waals surface area contributed by atoms with Gasteiger partial charge >= 0.3 is 0 Å². The minimum absolute atomic E-state index is 0.115. The van der Waals surface area contributed by atoms with Crippen LogP contribution in [0.15, 0.2) is 46.9 Å². The molecule has 1 saturated heterocycles. The molecular formula is C22H23BrClN3O3. The van der Waals surface area contributed by atoms with Crippen molar-refractivity contribution in [2.24, 2.45) is 5.92 Å². The SMILES string of the molecule is Cc1cc(Br)ccc1NC(=O)CNC(=O)C1CCCN(C(=O)c2ccc(Cl)cc2)C1. The van der Waals surface area contributed by atoms with E-state index in [0.717, 1.165) is 16.5 Å². The van der Waals surface area contributed by atoms with Crippen molar-refractivity contribution in [3.8, 4) is 0 Å². The van der Waals surface area contributed by atoms with Crippen LogP contribution in [0, 0.1) is 12.8 Å². The summed E-state index contributed by atoms with van der Waals surface area (Å²) in [5, 5.41) is 6.06. The largest absolute Gasteiger partial charge is 0.347 e. The van der Waals surface area contributed by atoms with E-state index >= 15 is 0 Å². The second-order valence-corrected chi connectivity index (χ2v) is 8.67. The number of anilines is 1. The van der Waals surface area contributed by atoms with E-state index in [9.17, 15) is 14.4 Å². The van der Waals surface area contributed by atoms with Crippen LogP contribution >= 0.6 is 27.5 Å². The summed E-state index contributed by atoms with van der Waals surface area (Å²) >= 11 is 9.27. The number of rotatable bonds is 5. The first kappa shape index (κ1) is 22.3. The zero-order valence-electron chi connectivity index (χ0n) is 16.6. The first-order valence-electron chi connectivity index (χ1n) is 9.72. The van der Waals surface area contributed by atoms with E-state index in [2.05, 4.69) is 26.6 Å². The molecule has 1 aliphatic heterocycles.